The van der Waals surface area contributed by atoms with Crippen LogP contribution in [-0.2, 0) is 6.54 Å². The van der Waals surface area contributed by atoms with Crippen molar-refractivity contribution in [3.05, 3.63) is 23.8 Å². The maximum absolute atomic E-state index is 9.47. The molecule has 1 fully saturated rings. The molecule has 1 aliphatic rings. The Hall–Kier alpha value is -1.26. The molecule has 17 heavy (non-hydrogen) atoms. The van der Waals surface area contributed by atoms with Crippen molar-refractivity contribution in [2.24, 2.45) is 0 Å². The summed E-state index contributed by atoms with van der Waals surface area (Å²) in [5, 5.41) is 22.0. The van der Waals surface area contributed by atoms with Crippen LogP contribution in [0.2, 0.25) is 0 Å². The van der Waals surface area contributed by atoms with Crippen molar-refractivity contribution < 1.29 is 10.2 Å². The third kappa shape index (κ3) is 2.90. The molecular weight excluding hydrogens is 216 g/mol. The molecule has 1 saturated heterocycles. The van der Waals surface area contributed by atoms with Crippen LogP contribution in [0.25, 0.3) is 0 Å². The predicted molar refractivity (Wildman–Crippen MR) is 67.1 cm³/mol. The van der Waals surface area contributed by atoms with Crippen molar-refractivity contribution in [2.45, 2.75) is 25.9 Å². The lowest BCUT2D eigenvalue weighted by atomic mass is 10.1. The van der Waals surface area contributed by atoms with Crippen LogP contribution in [0.5, 0.6) is 11.5 Å². The van der Waals surface area contributed by atoms with Gasteiger partial charge in [-0.15, -0.1) is 0 Å². The van der Waals surface area contributed by atoms with Crippen LogP contribution in [0.3, 0.4) is 0 Å². The van der Waals surface area contributed by atoms with Crippen LogP contribution in [-0.4, -0.2) is 40.8 Å². The largest absolute Gasteiger partial charge is 0.504 e. The smallest absolute Gasteiger partial charge is 0.157 e. The minimum absolute atomic E-state index is 0.0364. The second-order valence-electron chi connectivity index (χ2n) is 4.61. The predicted octanol–water partition coefficient (Wildman–Crippen LogP) is 1.28. The summed E-state index contributed by atoms with van der Waals surface area (Å²) < 4.78 is 0. The molecule has 0 bridgehead atoms. The molecule has 0 aromatic heterocycles. The average Bonchev–Trinajstić information content (AvgIpc) is 2.21. The quantitative estimate of drug-likeness (QED) is 0.674. The number of aromatic hydroxyl groups is 2. The Morgan fingerprint density at radius 1 is 1.29 bits per heavy atom. The van der Waals surface area contributed by atoms with Gasteiger partial charge in [-0.05, 0) is 30.7 Å². The van der Waals surface area contributed by atoms with Gasteiger partial charge in [-0.1, -0.05) is 13.0 Å². The number of phenolic OH excluding ortho intramolecular Hbond substituents is 2. The fraction of sp³-hybridized carbons (Fsp3) is 0.538. The van der Waals surface area contributed by atoms with Crippen LogP contribution in [0.1, 0.15) is 18.9 Å². The van der Waals surface area contributed by atoms with Crippen LogP contribution in [0.15, 0.2) is 18.2 Å². The van der Waals surface area contributed by atoms with Gasteiger partial charge in [0.25, 0.3) is 0 Å². The highest BCUT2D eigenvalue weighted by atomic mass is 16.3. The van der Waals surface area contributed by atoms with Gasteiger partial charge in [0.15, 0.2) is 11.5 Å². The van der Waals surface area contributed by atoms with Gasteiger partial charge in [-0.3, -0.25) is 4.90 Å². The van der Waals surface area contributed by atoms with Gasteiger partial charge in [-0.25, -0.2) is 0 Å². The summed E-state index contributed by atoms with van der Waals surface area (Å²) in [5.41, 5.74) is 1.04. The summed E-state index contributed by atoms with van der Waals surface area (Å²) in [4.78, 5) is 2.42. The van der Waals surface area contributed by atoms with Gasteiger partial charge in [-0.2, -0.15) is 0 Å². The van der Waals surface area contributed by atoms with E-state index in [1.54, 1.807) is 12.1 Å². The van der Waals surface area contributed by atoms with Crippen molar-refractivity contribution in [3.8, 4) is 11.5 Å². The number of hydrogen-bond acceptors (Lipinski definition) is 4. The third-order valence-corrected chi connectivity index (χ3v) is 3.21. The van der Waals surface area contributed by atoms with Gasteiger partial charge >= 0.3 is 0 Å². The highest BCUT2D eigenvalue weighted by Crippen LogP contribution is 2.26. The summed E-state index contributed by atoms with van der Waals surface area (Å²) in [5.74, 6) is -0.0909. The number of rotatable bonds is 5. The molecule has 0 radical (unpaired) electrons. The Bertz CT molecular complexity index is 378. The molecule has 0 unspecified atom stereocenters. The first-order valence-corrected chi connectivity index (χ1v) is 6.16. The van der Waals surface area contributed by atoms with Crippen molar-refractivity contribution in [3.63, 3.8) is 0 Å². The molecule has 4 heteroatoms. The van der Waals surface area contributed by atoms with E-state index in [0.717, 1.165) is 38.2 Å². The molecule has 1 aromatic rings. The first kappa shape index (κ1) is 12.2. The molecular formula is C13H20N2O2. The molecule has 1 aromatic carbocycles. The van der Waals surface area contributed by atoms with E-state index in [1.165, 1.54) is 0 Å². The molecule has 1 aliphatic heterocycles. The van der Waals surface area contributed by atoms with Crippen LogP contribution < -0.4 is 5.32 Å². The third-order valence-electron chi connectivity index (χ3n) is 3.21. The lowest BCUT2D eigenvalue weighted by molar-refractivity contribution is 0.137. The van der Waals surface area contributed by atoms with E-state index in [0.29, 0.717) is 6.04 Å². The average molecular weight is 236 g/mol. The van der Waals surface area contributed by atoms with Gasteiger partial charge in [0.2, 0.25) is 0 Å². The maximum atomic E-state index is 9.47. The summed E-state index contributed by atoms with van der Waals surface area (Å²) >= 11 is 0. The van der Waals surface area contributed by atoms with Crippen molar-refractivity contribution >= 4 is 0 Å². The van der Waals surface area contributed by atoms with Crippen molar-refractivity contribution in [2.75, 3.05) is 19.6 Å². The molecule has 1 heterocycles. The lowest BCUT2D eigenvalue weighted by Gasteiger charge is -2.38. The zero-order chi connectivity index (χ0) is 12.3. The summed E-state index contributed by atoms with van der Waals surface area (Å²) in [6.45, 7) is 6.16. The van der Waals surface area contributed by atoms with Crippen LogP contribution >= 0.6 is 0 Å². The SMILES string of the molecule is CCCN(Cc1ccc(O)c(O)c1)C1CNC1. The van der Waals surface area contributed by atoms with E-state index in [9.17, 15) is 10.2 Å². The van der Waals surface area contributed by atoms with E-state index in [2.05, 4.69) is 17.1 Å². The van der Waals surface area contributed by atoms with E-state index in [1.807, 2.05) is 6.07 Å². The van der Waals surface area contributed by atoms with Gasteiger partial charge < -0.3 is 15.5 Å². The number of hydrogen-bond donors (Lipinski definition) is 3. The number of phenols is 2. The second kappa shape index (κ2) is 5.38. The Morgan fingerprint density at radius 3 is 2.59 bits per heavy atom. The van der Waals surface area contributed by atoms with E-state index >= 15 is 0 Å². The zero-order valence-corrected chi connectivity index (χ0v) is 10.2. The van der Waals surface area contributed by atoms with E-state index in [-0.39, 0.29) is 11.5 Å². The van der Waals surface area contributed by atoms with Crippen LogP contribution in [0, 0.1) is 0 Å². The second-order valence-corrected chi connectivity index (χ2v) is 4.61. The molecule has 3 N–H and O–H groups in total. The molecule has 0 saturated carbocycles. The summed E-state index contributed by atoms with van der Waals surface area (Å²) in [7, 11) is 0. The Balaban J connectivity index is 2.02. The van der Waals surface area contributed by atoms with Crippen molar-refractivity contribution in [1.82, 2.24) is 10.2 Å². The molecule has 0 atom stereocenters. The van der Waals surface area contributed by atoms with E-state index in [4.69, 9.17) is 0 Å². The first-order valence-electron chi connectivity index (χ1n) is 6.16. The van der Waals surface area contributed by atoms with Gasteiger partial charge in [0, 0.05) is 25.7 Å². The standard InChI is InChI=1S/C13H20N2O2/c1-2-5-15(11-7-14-8-11)9-10-3-4-12(16)13(17)6-10/h3-4,6,11,14,16-17H,2,5,7-9H2,1H3. The van der Waals surface area contributed by atoms with Gasteiger partial charge in [0.1, 0.15) is 0 Å². The zero-order valence-electron chi connectivity index (χ0n) is 10.2. The van der Waals surface area contributed by atoms with Crippen molar-refractivity contribution in [1.29, 1.82) is 0 Å². The normalized spacial score (nSPS) is 16.1. The Morgan fingerprint density at radius 2 is 2.06 bits per heavy atom. The summed E-state index contributed by atoms with van der Waals surface area (Å²) in [6, 6.07) is 5.66. The molecule has 0 amide bonds. The topological polar surface area (TPSA) is 55.7 Å². The maximum Gasteiger partial charge on any atom is 0.157 e. The fourth-order valence-corrected chi connectivity index (χ4v) is 2.11. The molecule has 4 nitrogen and oxygen atoms in total. The lowest BCUT2D eigenvalue weighted by Crippen LogP contribution is -2.56. The molecule has 0 aliphatic carbocycles. The number of benzene rings is 1. The monoisotopic (exact) mass is 236 g/mol. The number of nitrogens with one attached hydrogen (secondary N) is 1. The minimum Gasteiger partial charge on any atom is -0.504 e. The Labute approximate surface area is 102 Å². The summed E-state index contributed by atoms with van der Waals surface area (Å²) in [6.07, 6.45) is 1.13. The first-order chi connectivity index (χ1) is 8.20. The fourth-order valence-electron chi connectivity index (χ4n) is 2.11. The Kier molecular flexibility index (Phi) is 3.86. The number of nitrogens with zero attached hydrogens (tertiary/aromatic N) is 1. The minimum atomic E-state index is -0.0545. The van der Waals surface area contributed by atoms with E-state index < -0.39 is 0 Å². The highest BCUT2D eigenvalue weighted by Gasteiger charge is 2.23. The highest BCUT2D eigenvalue weighted by molar-refractivity contribution is 5.40. The molecule has 2 rings (SSSR count). The molecule has 0 spiro atoms. The molecule has 94 valence electrons. The van der Waals surface area contributed by atoms with Gasteiger partial charge in [0.05, 0.1) is 0 Å². The van der Waals surface area contributed by atoms with Crippen LogP contribution in [0.4, 0.5) is 0 Å².